The van der Waals surface area contributed by atoms with Gasteiger partial charge in [0, 0.05) is 0 Å². The zero-order valence-electron chi connectivity index (χ0n) is 14.8. The minimum atomic E-state index is -0.587. The number of cyclic esters (lactones) is 1. The van der Waals surface area contributed by atoms with Crippen LogP contribution in [0.15, 0.2) is 48.5 Å². The van der Waals surface area contributed by atoms with E-state index in [0.717, 1.165) is 11.1 Å². The van der Waals surface area contributed by atoms with Gasteiger partial charge >= 0.3 is 6.09 Å². The zero-order valence-corrected chi connectivity index (χ0v) is 14.8. The van der Waals surface area contributed by atoms with E-state index in [1.807, 2.05) is 30.3 Å². The van der Waals surface area contributed by atoms with Crippen LogP contribution in [0, 0.1) is 0 Å². The SMILES string of the molecule is COc1ccc(CC(=O)N2C(=O)OC[C@@H]2Cc2ccccc2)cc1OC. The molecular formula is C20H21NO5. The number of hydrogen-bond acceptors (Lipinski definition) is 5. The van der Waals surface area contributed by atoms with Gasteiger partial charge in [0.05, 0.1) is 26.7 Å². The molecule has 26 heavy (non-hydrogen) atoms. The average Bonchev–Trinajstić information content (AvgIpc) is 3.02. The Labute approximate surface area is 152 Å². The summed E-state index contributed by atoms with van der Waals surface area (Å²) in [5.41, 5.74) is 1.80. The number of rotatable bonds is 6. The van der Waals surface area contributed by atoms with Crippen LogP contribution in [0.25, 0.3) is 0 Å². The number of hydrogen-bond donors (Lipinski definition) is 0. The second kappa shape index (κ2) is 7.91. The largest absolute Gasteiger partial charge is 0.493 e. The lowest BCUT2D eigenvalue weighted by Crippen LogP contribution is -2.41. The van der Waals surface area contributed by atoms with E-state index in [1.165, 1.54) is 12.0 Å². The van der Waals surface area contributed by atoms with Gasteiger partial charge in [0.25, 0.3) is 0 Å². The van der Waals surface area contributed by atoms with Gasteiger partial charge in [-0.1, -0.05) is 36.4 Å². The number of amides is 2. The lowest BCUT2D eigenvalue weighted by atomic mass is 10.0. The molecule has 0 aromatic heterocycles. The maximum absolute atomic E-state index is 12.7. The molecule has 1 saturated heterocycles. The maximum Gasteiger partial charge on any atom is 0.416 e. The summed E-state index contributed by atoms with van der Waals surface area (Å²) in [6, 6.07) is 14.7. The van der Waals surface area contributed by atoms with Crippen molar-refractivity contribution in [1.82, 2.24) is 4.90 Å². The Morgan fingerprint density at radius 3 is 2.50 bits per heavy atom. The highest BCUT2D eigenvalue weighted by Gasteiger charge is 2.37. The zero-order chi connectivity index (χ0) is 18.5. The van der Waals surface area contributed by atoms with Crippen molar-refractivity contribution in [2.75, 3.05) is 20.8 Å². The van der Waals surface area contributed by atoms with Gasteiger partial charge in [0.15, 0.2) is 11.5 Å². The van der Waals surface area contributed by atoms with E-state index in [0.29, 0.717) is 17.9 Å². The normalized spacial score (nSPS) is 16.3. The van der Waals surface area contributed by atoms with Crippen LogP contribution in [0.3, 0.4) is 0 Å². The fourth-order valence-electron chi connectivity index (χ4n) is 3.05. The molecule has 0 saturated carbocycles. The summed E-state index contributed by atoms with van der Waals surface area (Å²) in [5, 5.41) is 0. The number of imide groups is 1. The molecule has 1 atom stereocenters. The van der Waals surface area contributed by atoms with E-state index < -0.39 is 6.09 Å². The number of nitrogens with zero attached hydrogens (tertiary/aromatic N) is 1. The molecule has 1 heterocycles. The fourth-order valence-corrected chi connectivity index (χ4v) is 3.05. The fraction of sp³-hybridized carbons (Fsp3) is 0.300. The monoisotopic (exact) mass is 355 g/mol. The molecule has 6 nitrogen and oxygen atoms in total. The van der Waals surface area contributed by atoms with Gasteiger partial charge in [0.1, 0.15) is 6.61 Å². The number of methoxy groups -OCH3 is 2. The second-order valence-corrected chi connectivity index (χ2v) is 6.05. The van der Waals surface area contributed by atoms with Crippen LogP contribution >= 0.6 is 0 Å². The van der Waals surface area contributed by atoms with Crippen molar-refractivity contribution in [3.63, 3.8) is 0 Å². The molecule has 1 fully saturated rings. The summed E-state index contributed by atoms with van der Waals surface area (Å²) in [6.45, 7) is 0.214. The topological polar surface area (TPSA) is 65.1 Å². The highest BCUT2D eigenvalue weighted by atomic mass is 16.6. The van der Waals surface area contributed by atoms with Gasteiger partial charge < -0.3 is 14.2 Å². The van der Waals surface area contributed by atoms with Gasteiger partial charge in [-0.15, -0.1) is 0 Å². The van der Waals surface area contributed by atoms with Gasteiger partial charge in [-0.3, -0.25) is 4.79 Å². The Hall–Kier alpha value is -3.02. The Kier molecular flexibility index (Phi) is 5.41. The predicted octanol–water partition coefficient (Wildman–Crippen LogP) is 2.84. The molecule has 1 aliphatic heterocycles. The Balaban J connectivity index is 1.73. The van der Waals surface area contributed by atoms with Crippen LogP contribution in [0.5, 0.6) is 11.5 Å². The third-order valence-corrected chi connectivity index (χ3v) is 4.35. The summed E-state index contributed by atoms with van der Waals surface area (Å²) in [5.74, 6) is 0.842. The summed E-state index contributed by atoms with van der Waals surface area (Å²) in [6.07, 6.45) is 0.0711. The first-order valence-electron chi connectivity index (χ1n) is 8.36. The molecule has 136 valence electrons. The van der Waals surface area contributed by atoms with Crippen molar-refractivity contribution in [3.8, 4) is 11.5 Å². The second-order valence-electron chi connectivity index (χ2n) is 6.05. The van der Waals surface area contributed by atoms with Crippen LogP contribution in [0.1, 0.15) is 11.1 Å². The summed E-state index contributed by atoms with van der Waals surface area (Å²) >= 11 is 0. The lowest BCUT2D eigenvalue weighted by molar-refractivity contribution is -0.128. The number of benzene rings is 2. The summed E-state index contributed by atoms with van der Waals surface area (Å²) < 4.78 is 15.6. The quantitative estimate of drug-likeness (QED) is 0.797. The molecule has 0 unspecified atom stereocenters. The molecule has 2 amide bonds. The highest BCUT2D eigenvalue weighted by Crippen LogP contribution is 2.28. The third-order valence-electron chi connectivity index (χ3n) is 4.35. The number of ether oxygens (including phenoxy) is 3. The molecule has 2 aromatic rings. The van der Waals surface area contributed by atoms with Crippen LogP contribution in [-0.4, -0.2) is 43.8 Å². The molecule has 6 heteroatoms. The van der Waals surface area contributed by atoms with Crippen molar-refractivity contribution in [3.05, 3.63) is 59.7 Å². The van der Waals surface area contributed by atoms with E-state index in [9.17, 15) is 9.59 Å². The van der Waals surface area contributed by atoms with Gasteiger partial charge in [-0.2, -0.15) is 0 Å². The average molecular weight is 355 g/mol. The molecule has 0 spiro atoms. The van der Waals surface area contributed by atoms with Crippen molar-refractivity contribution in [2.45, 2.75) is 18.9 Å². The molecular weight excluding hydrogens is 334 g/mol. The number of carbonyl (C=O) groups is 2. The first-order valence-corrected chi connectivity index (χ1v) is 8.36. The number of carbonyl (C=O) groups excluding carboxylic acids is 2. The van der Waals surface area contributed by atoms with Crippen LogP contribution in [0.2, 0.25) is 0 Å². The van der Waals surface area contributed by atoms with E-state index in [2.05, 4.69) is 0 Å². The standard InChI is InChI=1S/C20H21NO5/c1-24-17-9-8-15(11-18(17)25-2)12-19(22)21-16(13-26-20(21)23)10-14-6-4-3-5-7-14/h3-9,11,16H,10,12-13H2,1-2H3/t16-/m0/s1. The maximum atomic E-state index is 12.7. The molecule has 0 bridgehead atoms. The van der Waals surface area contributed by atoms with Crippen molar-refractivity contribution >= 4 is 12.0 Å². The molecule has 0 N–H and O–H groups in total. The van der Waals surface area contributed by atoms with E-state index in [1.54, 1.807) is 25.3 Å². The first kappa shape index (κ1) is 17.8. The Morgan fingerprint density at radius 2 is 1.81 bits per heavy atom. The van der Waals surface area contributed by atoms with Crippen LogP contribution in [0.4, 0.5) is 4.79 Å². The van der Waals surface area contributed by atoms with Gasteiger partial charge in [-0.25, -0.2) is 9.69 Å². The third kappa shape index (κ3) is 3.79. The molecule has 0 aliphatic carbocycles. The molecule has 2 aromatic carbocycles. The minimum Gasteiger partial charge on any atom is -0.493 e. The molecule has 0 radical (unpaired) electrons. The smallest absolute Gasteiger partial charge is 0.416 e. The Bertz CT molecular complexity index is 790. The molecule has 1 aliphatic rings. The van der Waals surface area contributed by atoms with Crippen LogP contribution < -0.4 is 9.47 Å². The highest BCUT2D eigenvalue weighted by molar-refractivity contribution is 5.94. The van der Waals surface area contributed by atoms with Gasteiger partial charge in [0.2, 0.25) is 5.91 Å². The van der Waals surface area contributed by atoms with Crippen molar-refractivity contribution in [2.24, 2.45) is 0 Å². The van der Waals surface area contributed by atoms with Crippen molar-refractivity contribution in [1.29, 1.82) is 0 Å². The van der Waals surface area contributed by atoms with E-state index in [-0.39, 0.29) is 25.0 Å². The van der Waals surface area contributed by atoms with E-state index >= 15 is 0 Å². The predicted molar refractivity (Wildman–Crippen MR) is 95.4 cm³/mol. The summed E-state index contributed by atoms with van der Waals surface area (Å²) in [7, 11) is 3.09. The first-order chi connectivity index (χ1) is 12.6. The van der Waals surface area contributed by atoms with E-state index in [4.69, 9.17) is 14.2 Å². The summed E-state index contributed by atoms with van der Waals surface area (Å²) in [4.78, 5) is 26.0. The van der Waals surface area contributed by atoms with Crippen molar-refractivity contribution < 1.29 is 23.8 Å². The molecule has 3 rings (SSSR count). The van der Waals surface area contributed by atoms with Gasteiger partial charge in [-0.05, 0) is 29.7 Å². The van der Waals surface area contributed by atoms with Crippen LogP contribution in [-0.2, 0) is 22.4 Å². The Morgan fingerprint density at radius 1 is 1.08 bits per heavy atom. The minimum absolute atomic E-state index is 0.0841. The lowest BCUT2D eigenvalue weighted by Gasteiger charge is -2.20.